The van der Waals surface area contributed by atoms with Gasteiger partial charge in [-0.25, -0.2) is 0 Å². The van der Waals surface area contributed by atoms with E-state index in [9.17, 15) is 14.7 Å². The Morgan fingerprint density at radius 2 is 1.71 bits per heavy atom. The van der Waals surface area contributed by atoms with Crippen molar-refractivity contribution in [2.75, 3.05) is 0 Å². The number of carbonyl (C=O) groups is 2. The molecular formula is C13H14O3S. The zero-order chi connectivity index (χ0) is 12.3. The van der Waals surface area contributed by atoms with Gasteiger partial charge in [0.2, 0.25) is 5.12 Å². The first-order valence-electron chi connectivity index (χ1n) is 5.66. The summed E-state index contributed by atoms with van der Waals surface area (Å²) in [4.78, 5) is 23.3. The SMILES string of the molecule is O=C(SC1(C(=O)O)CCCC1)c1ccccc1. The molecule has 1 saturated carbocycles. The minimum Gasteiger partial charge on any atom is -0.480 e. The molecule has 0 spiro atoms. The lowest BCUT2D eigenvalue weighted by molar-refractivity contribution is -0.139. The van der Waals surface area contributed by atoms with Crippen LogP contribution < -0.4 is 0 Å². The molecule has 2 rings (SSSR count). The molecule has 1 aliphatic carbocycles. The van der Waals surface area contributed by atoms with E-state index in [1.54, 1.807) is 24.3 Å². The average Bonchev–Trinajstić information content (AvgIpc) is 2.80. The Morgan fingerprint density at radius 3 is 2.24 bits per heavy atom. The highest BCUT2D eigenvalue weighted by molar-refractivity contribution is 8.15. The van der Waals surface area contributed by atoms with Crippen molar-refractivity contribution in [3.63, 3.8) is 0 Å². The molecule has 0 aliphatic heterocycles. The number of carboxylic acids is 1. The van der Waals surface area contributed by atoms with Gasteiger partial charge in [0, 0.05) is 5.56 Å². The van der Waals surface area contributed by atoms with E-state index in [0.717, 1.165) is 24.6 Å². The predicted octanol–water partition coefficient (Wildman–Crippen LogP) is 2.96. The third-order valence-corrected chi connectivity index (χ3v) is 4.49. The molecule has 1 N–H and O–H groups in total. The number of benzene rings is 1. The normalized spacial score (nSPS) is 17.9. The first-order chi connectivity index (χ1) is 8.14. The number of hydrogen-bond donors (Lipinski definition) is 1. The van der Waals surface area contributed by atoms with Gasteiger partial charge >= 0.3 is 5.97 Å². The molecule has 1 aromatic carbocycles. The molecule has 1 aliphatic rings. The van der Waals surface area contributed by atoms with Gasteiger partial charge in [0.05, 0.1) is 0 Å². The third kappa shape index (κ3) is 2.52. The summed E-state index contributed by atoms with van der Waals surface area (Å²) in [6.07, 6.45) is 2.96. The summed E-state index contributed by atoms with van der Waals surface area (Å²) in [6, 6.07) is 8.86. The number of rotatable bonds is 3. The second-order valence-electron chi connectivity index (χ2n) is 4.26. The summed E-state index contributed by atoms with van der Waals surface area (Å²) in [5.41, 5.74) is 0.574. The fourth-order valence-corrected chi connectivity index (χ4v) is 3.31. The maximum Gasteiger partial charge on any atom is 0.320 e. The van der Waals surface area contributed by atoms with Gasteiger partial charge in [0.1, 0.15) is 4.75 Å². The fraction of sp³-hybridized carbons (Fsp3) is 0.385. The van der Waals surface area contributed by atoms with Crippen molar-refractivity contribution in [1.82, 2.24) is 0 Å². The molecule has 0 heterocycles. The van der Waals surface area contributed by atoms with Crippen LogP contribution in [-0.2, 0) is 4.79 Å². The highest BCUT2D eigenvalue weighted by Crippen LogP contribution is 2.43. The summed E-state index contributed by atoms with van der Waals surface area (Å²) >= 11 is 0.977. The highest BCUT2D eigenvalue weighted by Gasteiger charge is 2.44. The third-order valence-electron chi connectivity index (χ3n) is 3.10. The number of carboxylic acid groups (broad SMARTS) is 1. The van der Waals surface area contributed by atoms with E-state index < -0.39 is 10.7 Å². The van der Waals surface area contributed by atoms with Gasteiger partial charge in [-0.15, -0.1) is 0 Å². The van der Waals surface area contributed by atoms with Crippen LogP contribution in [0.5, 0.6) is 0 Å². The van der Waals surface area contributed by atoms with Gasteiger partial charge < -0.3 is 5.11 Å². The van der Waals surface area contributed by atoms with Crippen LogP contribution in [0, 0.1) is 0 Å². The van der Waals surface area contributed by atoms with Crippen molar-refractivity contribution in [2.24, 2.45) is 0 Å². The Bertz CT molecular complexity index is 422. The van der Waals surface area contributed by atoms with E-state index in [0.29, 0.717) is 18.4 Å². The smallest absolute Gasteiger partial charge is 0.320 e. The number of carbonyl (C=O) groups excluding carboxylic acids is 1. The van der Waals surface area contributed by atoms with Crippen molar-refractivity contribution in [3.05, 3.63) is 35.9 Å². The quantitative estimate of drug-likeness (QED) is 0.896. The molecule has 0 radical (unpaired) electrons. The maximum atomic E-state index is 12.0. The summed E-state index contributed by atoms with van der Waals surface area (Å²) in [5, 5.41) is 9.14. The van der Waals surface area contributed by atoms with E-state index in [1.807, 2.05) is 6.07 Å². The van der Waals surface area contributed by atoms with Gasteiger partial charge in [-0.1, -0.05) is 54.9 Å². The Balaban J connectivity index is 2.15. The molecule has 0 atom stereocenters. The lowest BCUT2D eigenvalue weighted by Crippen LogP contribution is -2.33. The van der Waals surface area contributed by atoms with Gasteiger partial charge in [0.25, 0.3) is 0 Å². The van der Waals surface area contributed by atoms with Crippen molar-refractivity contribution in [1.29, 1.82) is 0 Å². The minimum atomic E-state index is -0.896. The summed E-state index contributed by atoms with van der Waals surface area (Å²) in [7, 11) is 0. The van der Waals surface area contributed by atoms with Crippen LogP contribution in [0.4, 0.5) is 0 Å². The van der Waals surface area contributed by atoms with Crippen molar-refractivity contribution >= 4 is 22.8 Å². The van der Waals surface area contributed by atoms with Crippen LogP contribution in [0.2, 0.25) is 0 Å². The Morgan fingerprint density at radius 1 is 1.12 bits per heavy atom. The van der Waals surface area contributed by atoms with Gasteiger partial charge in [0.15, 0.2) is 0 Å². The zero-order valence-electron chi connectivity index (χ0n) is 9.39. The molecule has 17 heavy (non-hydrogen) atoms. The number of thioether (sulfide) groups is 1. The molecule has 90 valence electrons. The molecule has 0 unspecified atom stereocenters. The summed E-state index contributed by atoms with van der Waals surface area (Å²) < 4.78 is -0.896. The van der Waals surface area contributed by atoms with Gasteiger partial charge in [-0.2, -0.15) is 0 Å². The van der Waals surface area contributed by atoms with E-state index in [4.69, 9.17) is 0 Å². The van der Waals surface area contributed by atoms with Crippen molar-refractivity contribution < 1.29 is 14.7 Å². The maximum absolute atomic E-state index is 12.0. The molecule has 0 bridgehead atoms. The molecule has 4 heteroatoms. The Kier molecular flexibility index (Phi) is 3.52. The summed E-state index contributed by atoms with van der Waals surface area (Å²) in [6.45, 7) is 0. The standard InChI is InChI=1S/C13H14O3S/c14-11(10-6-2-1-3-7-10)17-13(12(15)16)8-4-5-9-13/h1-3,6-7H,4-5,8-9H2,(H,15,16). The number of hydrogen-bond acceptors (Lipinski definition) is 3. The lowest BCUT2D eigenvalue weighted by Gasteiger charge is -2.21. The van der Waals surface area contributed by atoms with E-state index in [2.05, 4.69) is 0 Å². The van der Waals surface area contributed by atoms with Crippen LogP contribution in [0.1, 0.15) is 36.0 Å². The first kappa shape index (κ1) is 12.2. The first-order valence-corrected chi connectivity index (χ1v) is 6.47. The zero-order valence-corrected chi connectivity index (χ0v) is 10.2. The van der Waals surface area contributed by atoms with E-state index >= 15 is 0 Å². The Hall–Kier alpha value is -1.29. The lowest BCUT2D eigenvalue weighted by atomic mass is 10.1. The molecule has 1 aromatic rings. The molecule has 0 saturated heterocycles. The van der Waals surface area contributed by atoms with E-state index in [1.165, 1.54) is 0 Å². The molecule has 3 nitrogen and oxygen atoms in total. The Labute approximate surface area is 104 Å². The second-order valence-corrected chi connectivity index (χ2v) is 5.62. The largest absolute Gasteiger partial charge is 0.480 e. The summed E-state index contributed by atoms with van der Waals surface area (Å²) in [5.74, 6) is -0.857. The molecule has 0 amide bonds. The van der Waals surface area contributed by atoms with Crippen LogP contribution in [-0.4, -0.2) is 20.9 Å². The molecule has 0 aromatic heterocycles. The van der Waals surface area contributed by atoms with Crippen molar-refractivity contribution in [3.8, 4) is 0 Å². The van der Waals surface area contributed by atoms with E-state index in [-0.39, 0.29) is 5.12 Å². The van der Waals surface area contributed by atoms with Gasteiger partial charge in [-0.3, -0.25) is 9.59 Å². The van der Waals surface area contributed by atoms with Crippen LogP contribution in [0.25, 0.3) is 0 Å². The second kappa shape index (κ2) is 4.92. The fourth-order valence-electron chi connectivity index (χ4n) is 2.12. The van der Waals surface area contributed by atoms with Crippen molar-refractivity contribution in [2.45, 2.75) is 30.4 Å². The van der Waals surface area contributed by atoms with Crippen LogP contribution >= 0.6 is 11.8 Å². The van der Waals surface area contributed by atoms with Crippen LogP contribution in [0.15, 0.2) is 30.3 Å². The average molecular weight is 250 g/mol. The molecular weight excluding hydrogens is 236 g/mol. The monoisotopic (exact) mass is 250 g/mol. The highest BCUT2D eigenvalue weighted by atomic mass is 32.2. The van der Waals surface area contributed by atoms with Gasteiger partial charge in [-0.05, 0) is 12.8 Å². The van der Waals surface area contributed by atoms with Crippen LogP contribution in [0.3, 0.4) is 0 Å². The minimum absolute atomic E-state index is 0.144. The molecule has 1 fully saturated rings. The predicted molar refractivity (Wildman–Crippen MR) is 67.2 cm³/mol. The number of aliphatic carboxylic acids is 1. The topological polar surface area (TPSA) is 54.4 Å².